The standard InChI is InChI=1S/C17H23NO3/c1-4-9-18-10-8-15(19)14(12-18)11-13-6-5-7-16(20-2)17(13)21-3/h5-7,11H,4,8-10,12H2,1-3H3/b14-11+. The Balaban J connectivity index is 2.31. The van der Waals surface area contributed by atoms with Crippen LogP contribution in [0.25, 0.3) is 6.08 Å². The lowest BCUT2D eigenvalue weighted by atomic mass is 9.99. The van der Waals surface area contributed by atoms with Crippen LogP contribution < -0.4 is 9.47 Å². The molecule has 1 aromatic rings. The van der Waals surface area contributed by atoms with E-state index < -0.39 is 0 Å². The first-order chi connectivity index (χ1) is 10.2. The number of carbonyl (C=O) groups excluding carboxylic acids is 1. The summed E-state index contributed by atoms with van der Waals surface area (Å²) in [5.74, 6) is 1.58. The van der Waals surface area contributed by atoms with Gasteiger partial charge in [-0.3, -0.25) is 9.69 Å². The third kappa shape index (κ3) is 3.64. The van der Waals surface area contributed by atoms with Crippen LogP contribution in [0.5, 0.6) is 11.5 Å². The van der Waals surface area contributed by atoms with E-state index in [0.717, 1.165) is 30.6 Å². The number of hydrogen-bond donors (Lipinski definition) is 0. The Labute approximate surface area is 126 Å². The van der Waals surface area contributed by atoms with Gasteiger partial charge in [-0.1, -0.05) is 19.1 Å². The molecule has 0 unspecified atom stereocenters. The number of ether oxygens (including phenoxy) is 2. The Morgan fingerprint density at radius 3 is 2.76 bits per heavy atom. The molecule has 0 amide bonds. The zero-order valence-corrected chi connectivity index (χ0v) is 13.0. The van der Waals surface area contributed by atoms with E-state index in [-0.39, 0.29) is 5.78 Å². The van der Waals surface area contributed by atoms with E-state index in [0.29, 0.717) is 24.5 Å². The van der Waals surface area contributed by atoms with Gasteiger partial charge >= 0.3 is 0 Å². The normalized spacial score (nSPS) is 18.0. The molecule has 0 saturated carbocycles. The molecule has 1 saturated heterocycles. The van der Waals surface area contributed by atoms with E-state index in [1.54, 1.807) is 14.2 Å². The summed E-state index contributed by atoms with van der Waals surface area (Å²) in [7, 11) is 3.23. The van der Waals surface area contributed by atoms with Crippen molar-refractivity contribution in [1.82, 2.24) is 4.90 Å². The van der Waals surface area contributed by atoms with Crippen molar-refractivity contribution < 1.29 is 14.3 Å². The van der Waals surface area contributed by atoms with Gasteiger partial charge in [-0.05, 0) is 25.1 Å². The highest BCUT2D eigenvalue weighted by Crippen LogP contribution is 2.32. The molecule has 114 valence electrons. The number of Topliss-reactive ketones (excluding diaryl/α,β-unsaturated/α-hetero) is 1. The van der Waals surface area contributed by atoms with Gasteiger partial charge in [-0.25, -0.2) is 0 Å². The lowest BCUT2D eigenvalue weighted by Gasteiger charge is -2.27. The van der Waals surface area contributed by atoms with Crippen molar-refractivity contribution in [1.29, 1.82) is 0 Å². The Morgan fingerprint density at radius 2 is 2.10 bits per heavy atom. The molecular weight excluding hydrogens is 266 g/mol. The van der Waals surface area contributed by atoms with E-state index in [4.69, 9.17) is 9.47 Å². The number of benzene rings is 1. The molecule has 0 spiro atoms. The maximum absolute atomic E-state index is 12.1. The third-order valence-corrected chi connectivity index (χ3v) is 3.71. The van der Waals surface area contributed by atoms with Crippen LogP contribution in [0.15, 0.2) is 23.8 Å². The average Bonchev–Trinajstić information content (AvgIpc) is 2.50. The minimum Gasteiger partial charge on any atom is -0.493 e. The van der Waals surface area contributed by atoms with Gasteiger partial charge < -0.3 is 9.47 Å². The monoisotopic (exact) mass is 289 g/mol. The van der Waals surface area contributed by atoms with E-state index in [2.05, 4.69) is 11.8 Å². The van der Waals surface area contributed by atoms with Crippen LogP contribution in [0.3, 0.4) is 0 Å². The molecule has 1 aromatic carbocycles. The van der Waals surface area contributed by atoms with Crippen LogP contribution in [0, 0.1) is 0 Å². The van der Waals surface area contributed by atoms with Crippen LogP contribution in [-0.2, 0) is 4.79 Å². The van der Waals surface area contributed by atoms with Crippen LogP contribution in [0.1, 0.15) is 25.3 Å². The second kappa shape index (κ2) is 7.27. The first kappa shape index (κ1) is 15.6. The Bertz CT molecular complexity index is 537. The highest BCUT2D eigenvalue weighted by molar-refractivity contribution is 6.01. The Kier molecular flexibility index (Phi) is 5.39. The summed E-state index contributed by atoms with van der Waals surface area (Å²) >= 11 is 0. The van der Waals surface area contributed by atoms with Gasteiger partial charge in [0, 0.05) is 30.6 Å². The number of nitrogens with zero attached hydrogens (tertiary/aromatic N) is 1. The minimum absolute atomic E-state index is 0.229. The highest BCUT2D eigenvalue weighted by Gasteiger charge is 2.21. The summed E-state index contributed by atoms with van der Waals surface area (Å²) < 4.78 is 10.7. The van der Waals surface area contributed by atoms with E-state index >= 15 is 0 Å². The predicted molar refractivity (Wildman–Crippen MR) is 83.9 cm³/mol. The van der Waals surface area contributed by atoms with Crippen molar-refractivity contribution in [2.45, 2.75) is 19.8 Å². The van der Waals surface area contributed by atoms with Crippen molar-refractivity contribution >= 4 is 11.9 Å². The second-order valence-electron chi connectivity index (χ2n) is 5.20. The van der Waals surface area contributed by atoms with Gasteiger partial charge in [0.15, 0.2) is 17.3 Å². The number of hydrogen-bond acceptors (Lipinski definition) is 4. The molecule has 0 N–H and O–H groups in total. The van der Waals surface area contributed by atoms with Crippen molar-refractivity contribution in [3.8, 4) is 11.5 Å². The average molecular weight is 289 g/mol. The smallest absolute Gasteiger partial charge is 0.167 e. The number of para-hydroxylation sites is 1. The summed E-state index contributed by atoms with van der Waals surface area (Å²) in [4.78, 5) is 14.5. The highest BCUT2D eigenvalue weighted by atomic mass is 16.5. The largest absolute Gasteiger partial charge is 0.493 e. The molecule has 21 heavy (non-hydrogen) atoms. The first-order valence-corrected chi connectivity index (χ1v) is 7.36. The van der Waals surface area contributed by atoms with Crippen LogP contribution in [0.2, 0.25) is 0 Å². The predicted octanol–water partition coefficient (Wildman–Crippen LogP) is 2.77. The molecule has 0 aliphatic carbocycles. The van der Waals surface area contributed by atoms with Crippen molar-refractivity contribution in [3.63, 3.8) is 0 Å². The number of rotatable bonds is 5. The lowest BCUT2D eigenvalue weighted by Crippen LogP contribution is -2.36. The first-order valence-electron chi connectivity index (χ1n) is 7.36. The molecule has 1 aliphatic rings. The topological polar surface area (TPSA) is 38.8 Å². The molecule has 2 rings (SSSR count). The van der Waals surface area contributed by atoms with Crippen LogP contribution in [-0.4, -0.2) is 44.5 Å². The number of ketones is 1. The molecule has 0 aromatic heterocycles. The molecule has 0 radical (unpaired) electrons. The summed E-state index contributed by atoms with van der Waals surface area (Å²) in [6, 6.07) is 5.71. The van der Waals surface area contributed by atoms with Gasteiger partial charge in [0.25, 0.3) is 0 Å². The van der Waals surface area contributed by atoms with Crippen LogP contribution in [0.4, 0.5) is 0 Å². The maximum Gasteiger partial charge on any atom is 0.167 e. The van der Waals surface area contributed by atoms with Gasteiger partial charge in [0.1, 0.15) is 0 Å². The zero-order valence-electron chi connectivity index (χ0n) is 13.0. The van der Waals surface area contributed by atoms with E-state index in [1.807, 2.05) is 24.3 Å². The lowest BCUT2D eigenvalue weighted by molar-refractivity contribution is -0.117. The van der Waals surface area contributed by atoms with Gasteiger partial charge in [0.2, 0.25) is 0 Å². The van der Waals surface area contributed by atoms with E-state index in [1.165, 1.54) is 0 Å². The molecule has 1 fully saturated rings. The summed E-state index contributed by atoms with van der Waals surface area (Å²) in [6.07, 6.45) is 3.63. The fraction of sp³-hybridized carbons (Fsp3) is 0.471. The van der Waals surface area contributed by atoms with Gasteiger partial charge in [0.05, 0.1) is 14.2 Å². The van der Waals surface area contributed by atoms with Crippen molar-refractivity contribution in [2.24, 2.45) is 0 Å². The number of methoxy groups -OCH3 is 2. The Morgan fingerprint density at radius 1 is 1.29 bits per heavy atom. The van der Waals surface area contributed by atoms with Crippen molar-refractivity contribution in [3.05, 3.63) is 29.3 Å². The van der Waals surface area contributed by atoms with Gasteiger partial charge in [-0.2, -0.15) is 0 Å². The summed E-state index contributed by atoms with van der Waals surface area (Å²) in [5, 5.41) is 0. The number of likely N-dealkylation sites (tertiary alicyclic amines) is 1. The van der Waals surface area contributed by atoms with Crippen molar-refractivity contribution in [2.75, 3.05) is 33.9 Å². The molecule has 0 atom stereocenters. The molecule has 4 nitrogen and oxygen atoms in total. The number of carbonyl (C=O) groups is 1. The molecule has 4 heteroatoms. The third-order valence-electron chi connectivity index (χ3n) is 3.71. The molecule has 1 heterocycles. The summed E-state index contributed by atoms with van der Waals surface area (Å²) in [5.41, 5.74) is 1.74. The zero-order chi connectivity index (χ0) is 15.2. The SMILES string of the molecule is CCCN1CCC(=O)/C(=C/c2cccc(OC)c2OC)C1. The van der Waals surface area contributed by atoms with Gasteiger partial charge in [-0.15, -0.1) is 0 Å². The molecular formula is C17H23NO3. The quantitative estimate of drug-likeness (QED) is 0.781. The summed E-state index contributed by atoms with van der Waals surface area (Å²) in [6.45, 7) is 4.76. The number of piperidine rings is 1. The maximum atomic E-state index is 12.1. The van der Waals surface area contributed by atoms with E-state index in [9.17, 15) is 4.79 Å². The molecule has 1 aliphatic heterocycles. The second-order valence-corrected chi connectivity index (χ2v) is 5.20. The Hall–Kier alpha value is -1.81. The fourth-order valence-corrected chi connectivity index (χ4v) is 2.67. The minimum atomic E-state index is 0.229. The fourth-order valence-electron chi connectivity index (χ4n) is 2.67. The van der Waals surface area contributed by atoms with Crippen LogP contribution >= 0.6 is 0 Å². The molecule has 0 bridgehead atoms.